The molecule has 2 heterocycles. The van der Waals surface area contributed by atoms with Crippen LogP contribution in [0.4, 0.5) is 0 Å². The number of aromatic nitrogens is 3. The van der Waals surface area contributed by atoms with Gasteiger partial charge in [-0.05, 0) is 19.1 Å². The van der Waals surface area contributed by atoms with E-state index in [0.717, 1.165) is 13.9 Å². The lowest BCUT2D eigenvalue weighted by atomic mass is 10.2. The summed E-state index contributed by atoms with van der Waals surface area (Å²) in [7, 11) is 0. The number of rotatable bonds is 4. The van der Waals surface area contributed by atoms with Crippen LogP contribution in [0.2, 0.25) is 0 Å². The van der Waals surface area contributed by atoms with Gasteiger partial charge in [0, 0.05) is 5.56 Å². The molecule has 1 aromatic heterocycles. The standard InChI is InChI=1S/C19H16N4O4/c1-2-27-17(24)16-20-15(13-9-5-3-6-10-13)22-18(25)21(19(26)23(16)22)14-11-7-4-8-12-14/h3-12,16H,2H2,1H3. The van der Waals surface area contributed by atoms with Crippen LogP contribution in [-0.2, 0) is 9.53 Å². The Labute approximate surface area is 153 Å². The average Bonchev–Trinajstić information content (AvgIpc) is 3.21. The van der Waals surface area contributed by atoms with Crippen molar-refractivity contribution in [2.45, 2.75) is 13.1 Å². The van der Waals surface area contributed by atoms with Crippen molar-refractivity contribution in [3.63, 3.8) is 0 Å². The Bertz CT molecular complexity index is 1140. The summed E-state index contributed by atoms with van der Waals surface area (Å²) in [6, 6.07) is 17.5. The minimum atomic E-state index is -1.25. The van der Waals surface area contributed by atoms with E-state index < -0.39 is 23.5 Å². The van der Waals surface area contributed by atoms with E-state index >= 15 is 0 Å². The fraction of sp³-hybridized carbons (Fsp3) is 0.158. The van der Waals surface area contributed by atoms with Crippen LogP contribution in [0.15, 0.2) is 75.2 Å². The Morgan fingerprint density at radius 2 is 1.63 bits per heavy atom. The topological polar surface area (TPSA) is 87.6 Å². The van der Waals surface area contributed by atoms with Gasteiger partial charge in [0.15, 0.2) is 5.84 Å². The summed E-state index contributed by atoms with van der Waals surface area (Å²) in [5.41, 5.74) is -0.221. The predicted octanol–water partition coefficient (Wildman–Crippen LogP) is 1.17. The van der Waals surface area contributed by atoms with Gasteiger partial charge in [0.2, 0.25) is 6.17 Å². The zero-order valence-electron chi connectivity index (χ0n) is 14.5. The largest absolute Gasteiger partial charge is 0.463 e. The Balaban J connectivity index is 1.98. The molecule has 1 aliphatic rings. The molecule has 3 aromatic rings. The van der Waals surface area contributed by atoms with Crippen molar-refractivity contribution in [2.24, 2.45) is 4.99 Å². The molecule has 0 N–H and O–H groups in total. The quantitative estimate of drug-likeness (QED) is 0.650. The predicted molar refractivity (Wildman–Crippen MR) is 98.3 cm³/mol. The third-order valence-electron chi connectivity index (χ3n) is 4.20. The number of nitrogens with zero attached hydrogens (tertiary/aromatic N) is 4. The van der Waals surface area contributed by atoms with Crippen LogP contribution in [0.25, 0.3) is 5.69 Å². The summed E-state index contributed by atoms with van der Waals surface area (Å²) in [5.74, 6) is -0.463. The first-order chi connectivity index (χ1) is 13.1. The lowest BCUT2D eigenvalue weighted by molar-refractivity contribution is -0.147. The fourth-order valence-corrected chi connectivity index (χ4v) is 3.04. The number of para-hydroxylation sites is 1. The molecule has 0 radical (unpaired) electrons. The van der Waals surface area contributed by atoms with E-state index in [1.807, 2.05) is 6.07 Å². The summed E-state index contributed by atoms with van der Waals surface area (Å²) >= 11 is 0. The van der Waals surface area contributed by atoms with Crippen molar-refractivity contribution in [1.29, 1.82) is 0 Å². The summed E-state index contributed by atoms with van der Waals surface area (Å²) < 4.78 is 8.23. The van der Waals surface area contributed by atoms with Gasteiger partial charge < -0.3 is 4.74 Å². The first-order valence-electron chi connectivity index (χ1n) is 8.45. The van der Waals surface area contributed by atoms with E-state index in [1.165, 1.54) is 0 Å². The van der Waals surface area contributed by atoms with Crippen LogP contribution >= 0.6 is 0 Å². The van der Waals surface area contributed by atoms with Crippen molar-refractivity contribution >= 4 is 11.8 Å². The number of aliphatic imine (C=N–C) groups is 1. The van der Waals surface area contributed by atoms with E-state index in [2.05, 4.69) is 4.99 Å². The van der Waals surface area contributed by atoms with E-state index in [9.17, 15) is 14.4 Å². The molecule has 1 atom stereocenters. The van der Waals surface area contributed by atoms with Crippen LogP contribution in [0.1, 0.15) is 18.7 Å². The molecular formula is C19H16N4O4. The van der Waals surface area contributed by atoms with E-state index in [0.29, 0.717) is 11.3 Å². The molecule has 8 nitrogen and oxygen atoms in total. The highest BCUT2D eigenvalue weighted by atomic mass is 16.5. The summed E-state index contributed by atoms with van der Waals surface area (Å²) in [4.78, 5) is 42.8. The van der Waals surface area contributed by atoms with Gasteiger partial charge in [-0.1, -0.05) is 48.5 Å². The fourth-order valence-electron chi connectivity index (χ4n) is 3.04. The van der Waals surface area contributed by atoms with Crippen molar-refractivity contribution in [3.05, 3.63) is 87.2 Å². The van der Waals surface area contributed by atoms with Crippen molar-refractivity contribution in [2.75, 3.05) is 6.61 Å². The number of hydrogen-bond donors (Lipinski definition) is 0. The smallest absolute Gasteiger partial charge is 0.358 e. The highest BCUT2D eigenvalue weighted by Gasteiger charge is 2.37. The van der Waals surface area contributed by atoms with Crippen molar-refractivity contribution < 1.29 is 9.53 Å². The molecule has 0 fully saturated rings. The number of carbonyl (C=O) groups excluding carboxylic acids is 1. The van der Waals surface area contributed by atoms with Gasteiger partial charge in [-0.3, -0.25) is 0 Å². The lowest BCUT2D eigenvalue weighted by Gasteiger charge is -2.07. The Hall–Kier alpha value is -3.68. The Morgan fingerprint density at radius 3 is 2.26 bits per heavy atom. The van der Waals surface area contributed by atoms with Gasteiger partial charge >= 0.3 is 17.3 Å². The van der Waals surface area contributed by atoms with Gasteiger partial charge in [-0.15, -0.1) is 0 Å². The number of ether oxygens (including phenoxy) is 1. The van der Waals surface area contributed by atoms with Crippen molar-refractivity contribution in [1.82, 2.24) is 13.9 Å². The number of benzene rings is 2. The normalized spacial score (nSPS) is 15.3. The molecule has 0 bridgehead atoms. The van der Waals surface area contributed by atoms with Crippen molar-refractivity contribution in [3.8, 4) is 5.69 Å². The SMILES string of the molecule is CCOC(=O)C1N=C(c2ccccc2)n2c(=O)n(-c3ccccc3)c(=O)n21. The third kappa shape index (κ3) is 2.62. The van der Waals surface area contributed by atoms with Gasteiger partial charge in [0.25, 0.3) is 0 Å². The third-order valence-corrected chi connectivity index (χ3v) is 4.20. The summed E-state index contributed by atoms with van der Waals surface area (Å²) in [5, 5.41) is 0. The van der Waals surface area contributed by atoms with Gasteiger partial charge in [0.05, 0.1) is 12.3 Å². The van der Waals surface area contributed by atoms with Crippen LogP contribution < -0.4 is 11.4 Å². The van der Waals surface area contributed by atoms with Crippen LogP contribution in [0, 0.1) is 0 Å². The number of esters is 1. The molecule has 2 aromatic carbocycles. The molecule has 136 valence electrons. The lowest BCUT2D eigenvalue weighted by Crippen LogP contribution is -2.32. The molecule has 4 rings (SSSR count). The van der Waals surface area contributed by atoms with Gasteiger partial charge in [0.1, 0.15) is 0 Å². The minimum Gasteiger partial charge on any atom is -0.463 e. The zero-order valence-corrected chi connectivity index (χ0v) is 14.5. The molecule has 1 aliphatic heterocycles. The summed E-state index contributed by atoms with van der Waals surface area (Å²) in [6.45, 7) is 1.81. The maximum Gasteiger partial charge on any atom is 0.358 e. The zero-order chi connectivity index (χ0) is 19.0. The highest BCUT2D eigenvalue weighted by Crippen LogP contribution is 2.19. The molecule has 0 amide bonds. The number of hydrogen-bond acceptors (Lipinski definition) is 5. The van der Waals surface area contributed by atoms with E-state index in [1.54, 1.807) is 61.5 Å². The van der Waals surface area contributed by atoms with Crippen LogP contribution in [0.5, 0.6) is 0 Å². The second kappa shape index (κ2) is 6.56. The molecule has 0 saturated heterocycles. The van der Waals surface area contributed by atoms with Gasteiger partial charge in [-0.25, -0.2) is 23.9 Å². The maximum atomic E-state index is 13.1. The molecule has 0 saturated carbocycles. The second-order valence-electron chi connectivity index (χ2n) is 5.84. The second-order valence-corrected chi connectivity index (χ2v) is 5.84. The van der Waals surface area contributed by atoms with Crippen LogP contribution in [-0.4, -0.2) is 32.3 Å². The highest BCUT2D eigenvalue weighted by molar-refractivity contribution is 6.02. The summed E-state index contributed by atoms with van der Waals surface area (Å²) in [6.07, 6.45) is -1.25. The molecule has 0 aliphatic carbocycles. The average molecular weight is 364 g/mol. The van der Waals surface area contributed by atoms with E-state index in [-0.39, 0.29) is 12.4 Å². The van der Waals surface area contributed by atoms with E-state index in [4.69, 9.17) is 4.74 Å². The maximum absolute atomic E-state index is 13.1. The number of fused-ring (bicyclic) bond motifs is 1. The molecule has 8 heteroatoms. The van der Waals surface area contributed by atoms with Crippen LogP contribution in [0.3, 0.4) is 0 Å². The molecular weight excluding hydrogens is 348 g/mol. The number of carbonyl (C=O) groups is 1. The van der Waals surface area contributed by atoms with Gasteiger partial charge in [-0.2, -0.15) is 9.36 Å². The Kier molecular flexibility index (Phi) is 4.08. The molecule has 27 heavy (non-hydrogen) atoms. The monoisotopic (exact) mass is 364 g/mol. The minimum absolute atomic E-state index is 0.143. The first kappa shape index (κ1) is 16.8. The molecule has 1 unspecified atom stereocenters. The Morgan fingerprint density at radius 1 is 1.00 bits per heavy atom. The first-order valence-corrected chi connectivity index (χ1v) is 8.45. The molecule has 0 spiro atoms.